The summed E-state index contributed by atoms with van der Waals surface area (Å²) in [6.45, 7) is 7.15. The SMILES string of the molecule is C=CCC1c2c(cccc2[N+](=O)[O-])N(CC=C)S1(=O)=O. The van der Waals surface area contributed by atoms with Crippen molar-refractivity contribution in [3.8, 4) is 0 Å². The molecule has 0 N–H and O–H groups in total. The predicted octanol–water partition coefficient (Wildman–Crippen LogP) is 2.55. The number of fused-ring (bicyclic) bond motifs is 1. The van der Waals surface area contributed by atoms with Crippen LogP contribution in [0.15, 0.2) is 43.5 Å². The molecule has 1 heterocycles. The van der Waals surface area contributed by atoms with E-state index >= 15 is 0 Å². The molecule has 0 saturated heterocycles. The van der Waals surface area contributed by atoms with Gasteiger partial charge in [-0.05, 0) is 12.5 Å². The number of nitro groups is 1. The molecule has 20 heavy (non-hydrogen) atoms. The van der Waals surface area contributed by atoms with E-state index < -0.39 is 20.2 Å². The van der Waals surface area contributed by atoms with E-state index in [0.717, 1.165) is 4.31 Å². The molecular formula is C13H14N2O4S. The number of hydrogen-bond acceptors (Lipinski definition) is 4. The summed E-state index contributed by atoms with van der Waals surface area (Å²) in [6.07, 6.45) is 3.05. The maximum Gasteiger partial charge on any atom is 0.276 e. The quantitative estimate of drug-likeness (QED) is 0.475. The molecule has 0 amide bonds. The fourth-order valence-electron chi connectivity index (χ4n) is 2.40. The molecule has 1 unspecified atom stereocenters. The van der Waals surface area contributed by atoms with Crippen LogP contribution in [0.2, 0.25) is 0 Å². The fraction of sp³-hybridized carbons (Fsp3) is 0.231. The van der Waals surface area contributed by atoms with Crippen molar-refractivity contribution in [2.75, 3.05) is 10.8 Å². The van der Waals surface area contributed by atoms with Crippen molar-refractivity contribution in [3.05, 3.63) is 59.2 Å². The molecule has 7 heteroatoms. The van der Waals surface area contributed by atoms with E-state index in [-0.39, 0.29) is 24.2 Å². The zero-order valence-corrected chi connectivity index (χ0v) is 11.5. The third kappa shape index (κ3) is 2.00. The summed E-state index contributed by atoms with van der Waals surface area (Å²) in [7, 11) is -3.68. The minimum absolute atomic E-state index is 0.0874. The zero-order valence-electron chi connectivity index (χ0n) is 10.7. The number of rotatable bonds is 5. The van der Waals surface area contributed by atoms with E-state index in [9.17, 15) is 18.5 Å². The molecule has 1 aliphatic heterocycles. The Morgan fingerprint density at radius 1 is 1.35 bits per heavy atom. The third-order valence-electron chi connectivity index (χ3n) is 3.19. The Balaban J connectivity index is 2.74. The van der Waals surface area contributed by atoms with Gasteiger partial charge in [0.05, 0.1) is 22.7 Å². The lowest BCUT2D eigenvalue weighted by Gasteiger charge is -2.17. The maximum absolute atomic E-state index is 12.5. The normalized spacial score (nSPS) is 19.4. The van der Waals surface area contributed by atoms with E-state index in [0.29, 0.717) is 5.69 Å². The van der Waals surface area contributed by atoms with Gasteiger partial charge in [0.2, 0.25) is 10.0 Å². The van der Waals surface area contributed by atoms with Crippen LogP contribution in [-0.4, -0.2) is 19.9 Å². The lowest BCUT2D eigenvalue weighted by Crippen LogP contribution is -2.28. The van der Waals surface area contributed by atoms with Crippen LogP contribution in [0.3, 0.4) is 0 Å². The van der Waals surface area contributed by atoms with Crippen LogP contribution in [0.1, 0.15) is 17.2 Å². The smallest absolute Gasteiger partial charge is 0.265 e. The third-order valence-corrected chi connectivity index (χ3v) is 5.30. The Morgan fingerprint density at radius 3 is 2.60 bits per heavy atom. The first-order valence-corrected chi connectivity index (χ1v) is 7.46. The molecule has 1 aliphatic rings. The average Bonchev–Trinajstić information content (AvgIpc) is 2.60. The fourth-order valence-corrected chi connectivity index (χ4v) is 4.37. The van der Waals surface area contributed by atoms with Gasteiger partial charge in [0, 0.05) is 6.07 Å². The summed E-state index contributed by atoms with van der Waals surface area (Å²) in [5.41, 5.74) is 0.412. The number of hydrogen-bond donors (Lipinski definition) is 0. The summed E-state index contributed by atoms with van der Waals surface area (Å²) in [4.78, 5) is 10.6. The number of nitro benzene ring substituents is 1. The molecule has 0 saturated carbocycles. The highest BCUT2D eigenvalue weighted by Gasteiger charge is 2.45. The molecule has 106 valence electrons. The first-order valence-electron chi connectivity index (χ1n) is 5.95. The number of anilines is 1. The molecule has 0 aliphatic carbocycles. The molecule has 1 atom stereocenters. The Labute approximate surface area is 117 Å². The van der Waals surface area contributed by atoms with Crippen molar-refractivity contribution >= 4 is 21.4 Å². The van der Waals surface area contributed by atoms with E-state index in [1.54, 1.807) is 6.07 Å². The van der Waals surface area contributed by atoms with Gasteiger partial charge in [-0.1, -0.05) is 18.2 Å². The van der Waals surface area contributed by atoms with Crippen LogP contribution in [-0.2, 0) is 10.0 Å². The molecule has 1 aromatic carbocycles. The van der Waals surface area contributed by atoms with Gasteiger partial charge in [0.1, 0.15) is 5.25 Å². The van der Waals surface area contributed by atoms with Crippen LogP contribution in [0.25, 0.3) is 0 Å². The van der Waals surface area contributed by atoms with Gasteiger partial charge in [-0.3, -0.25) is 14.4 Å². The van der Waals surface area contributed by atoms with E-state index in [4.69, 9.17) is 0 Å². The maximum atomic E-state index is 12.5. The molecule has 0 fully saturated rings. The van der Waals surface area contributed by atoms with Crippen LogP contribution in [0.4, 0.5) is 11.4 Å². The summed E-state index contributed by atoms with van der Waals surface area (Å²) < 4.78 is 26.2. The standard InChI is InChI=1S/C13H14N2O4S/c1-3-6-12-13-10(7-5-8-11(13)15(16)17)14(9-4-2)20(12,18)19/h3-5,7-8,12H,1-2,6,9H2. The van der Waals surface area contributed by atoms with Crippen molar-refractivity contribution in [2.24, 2.45) is 0 Å². The molecule has 6 nitrogen and oxygen atoms in total. The van der Waals surface area contributed by atoms with Crippen LogP contribution in [0, 0.1) is 10.1 Å². The summed E-state index contributed by atoms with van der Waals surface area (Å²) in [5.74, 6) is 0. The predicted molar refractivity (Wildman–Crippen MR) is 77.1 cm³/mol. The van der Waals surface area contributed by atoms with Crippen molar-refractivity contribution in [1.82, 2.24) is 0 Å². The number of nitrogens with zero attached hydrogens (tertiary/aromatic N) is 2. The van der Waals surface area contributed by atoms with Crippen molar-refractivity contribution < 1.29 is 13.3 Å². The second kappa shape index (κ2) is 5.09. The van der Waals surface area contributed by atoms with Gasteiger partial charge in [0.15, 0.2) is 0 Å². The van der Waals surface area contributed by atoms with Gasteiger partial charge in [0.25, 0.3) is 5.69 Å². The number of benzene rings is 1. The zero-order chi connectivity index (χ0) is 14.9. The lowest BCUT2D eigenvalue weighted by atomic mass is 10.0. The van der Waals surface area contributed by atoms with Crippen LogP contribution >= 0.6 is 0 Å². The highest BCUT2D eigenvalue weighted by Crippen LogP contribution is 2.48. The Hall–Kier alpha value is -2.15. The minimum Gasteiger partial charge on any atom is -0.265 e. The largest absolute Gasteiger partial charge is 0.276 e. The van der Waals surface area contributed by atoms with Crippen molar-refractivity contribution in [2.45, 2.75) is 11.7 Å². The van der Waals surface area contributed by atoms with Gasteiger partial charge in [-0.15, -0.1) is 13.2 Å². The Bertz CT molecular complexity index is 682. The molecule has 2 rings (SSSR count). The topological polar surface area (TPSA) is 80.5 Å². The van der Waals surface area contributed by atoms with Crippen LogP contribution < -0.4 is 4.31 Å². The highest BCUT2D eigenvalue weighted by atomic mass is 32.2. The second-order valence-electron chi connectivity index (χ2n) is 4.34. The van der Waals surface area contributed by atoms with E-state index in [2.05, 4.69) is 13.2 Å². The monoisotopic (exact) mass is 294 g/mol. The molecule has 0 radical (unpaired) electrons. The second-order valence-corrected chi connectivity index (χ2v) is 6.38. The first kappa shape index (κ1) is 14.3. The Morgan fingerprint density at radius 2 is 2.05 bits per heavy atom. The summed E-state index contributed by atoms with van der Waals surface area (Å²) in [5, 5.41) is 10.2. The van der Waals surface area contributed by atoms with Gasteiger partial charge < -0.3 is 0 Å². The molecular weight excluding hydrogens is 280 g/mol. The molecule has 1 aromatic rings. The highest BCUT2D eigenvalue weighted by molar-refractivity contribution is 7.93. The van der Waals surface area contributed by atoms with E-state index in [1.165, 1.54) is 24.3 Å². The summed E-state index contributed by atoms with van der Waals surface area (Å²) in [6, 6.07) is 4.38. The van der Waals surface area contributed by atoms with Gasteiger partial charge in [-0.2, -0.15) is 0 Å². The number of sulfonamides is 1. The molecule has 0 spiro atoms. The average molecular weight is 294 g/mol. The molecule has 0 aromatic heterocycles. The van der Waals surface area contributed by atoms with E-state index in [1.807, 2.05) is 0 Å². The van der Waals surface area contributed by atoms with Gasteiger partial charge >= 0.3 is 0 Å². The molecule has 0 bridgehead atoms. The lowest BCUT2D eigenvalue weighted by molar-refractivity contribution is -0.385. The van der Waals surface area contributed by atoms with Crippen molar-refractivity contribution in [3.63, 3.8) is 0 Å². The minimum atomic E-state index is -3.68. The summed E-state index contributed by atoms with van der Waals surface area (Å²) >= 11 is 0. The van der Waals surface area contributed by atoms with Gasteiger partial charge in [-0.25, -0.2) is 8.42 Å². The number of allylic oxidation sites excluding steroid dienone is 1. The Kier molecular flexibility index (Phi) is 3.63. The van der Waals surface area contributed by atoms with Crippen LogP contribution in [0.5, 0.6) is 0 Å². The van der Waals surface area contributed by atoms with Crippen molar-refractivity contribution in [1.29, 1.82) is 0 Å². The first-order chi connectivity index (χ1) is 9.45.